The van der Waals surface area contributed by atoms with E-state index in [0.29, 0.717) is 12.0 Å². The van der Waals surface area contributed by atoms with Crippen LogP contribution in [0.15, 0.2) is 24.3 Å². The first-order valence-electron chi connectivity index (χ1n) is 7.79. The monoisotopic (exact) mass is 357 g/mol. The van der Waals surface area contributed by atoms with Crippen molar-refractivity contribution in [2.45, 2.75) is 39.2 Å². The zero-order valence-corrected chi connectivity index (χ0v) is 14.6. The van der Waals surface area contributed by atoms with Gasteiger partial charge in [0, 0.05) is 5.56 Å². The summed E-state index contributed by atoms with van der Waals surface area (Å²) >= 11 is 0. The Morgan fingerprint density at radius 1 is 1.25 bits per heavy atom. The van der Waals surface area contributed by atoms with Crippen LogP contribution in [-0.2, 0) is 26.1 Å². The predicted octanol–water partition coefficient (Wildman–Crippen LogP) is 1.58. The molecular formula is C16H23NO6S. The van der Waals surface area contributed by atoms with Crippen molar-refractivity contribution in [3.05, 3.63) is 35.4 Å². The zero-order valence-electron chi connectivity index (χ0n) is 13.8. The molecule has 7 nitrogen and oxygen atoms in total. The lowest BCUT2D eigenvalue weighted by atomic mass is 10.0. The molecule has 1 aromatic carbocycles. The molecule has 0 radical (unpaired) electrons. The van der Waals surface area contributed by atoms with E-state index in [4.69, 9.17) is 9.29 Å². The second-order valence-electron chi connectivity index (χ2n) is 5.26. The predicted molar refractivity (Wildman–Crippen MR) is 89.4 cm³/mol. The van der Waals surface area contributed by atoms with Gasteiger partial charge >= 0.3 is 5.97 Å². The van der Waals surface area contributed by atoms with Crippen molar-refractivity contribution in [1.82, 2.24) is 5.32 Å². The van der Waals surface area contributed by atoms with Gasteiger partial charge in [0.1, 0.15) is 6.04 Å². The number of carbonyl (C=O) groups is 2. The molecule has 0 fully saturated rings. The summed E-state index contributed by atoms with van der Waals surface area (Å²) in [6.07, 6.45) is 1.30. The van der Waals surface area contributed by atoms with E-state index in [2.05, 4.69) is 5.32 Å². The van der Waals surface area contributed by atoms with Crippen molar-refractivity contribution in [2.24, 2.45) is 0 Å². The van der Waals surface area contributed by atoms with Gasteiger partial charge in [-0.1, -0.05) is 31.5 Å². The fourth-order valence-corrected chi connectivity index (χ4v) is 2.76. The van der Waals surface area contributed by atoms with Crippen LogP contribution in [0.25, 0.3) is 0 Å². The quantitative estimate of drug-likeness (QED) is 0.513. The summed E-state index contributed by atoms with van der Waals surface area (Å²) in [5.74, 6) is -1.86. The molecule has 0 aromatic heterocycles. The topological polar surface area (TPSA) is 110 Å². The van der Waals surface area contributed by atoms with Crippen LogP contribution in [0.1, 0.15) is 42.6 Å². The van der Waals surface area contributed by atoms with Gasteiger partial charge in [-0.15, -0.1) is 0 Å². The van der Waals surface area contributed by atoms with Crippen molar-refractivity contribution >= 4 is 22.0 Å². The second-order valence-corrected chi connectivity index (χ2v) is 6.83. The molecule has 0 bridgehead atoms. The van der Waals surface area contributed by atoms with Crippen LogP contribution in [0.3, 0.4) is 0 Å². The van der Waals surface area contributed by atoms with E-state index >= 15 is 0 Å². The highest BCUT2D eigenvalue weighted by molar-refractivity contribution is 7.85. The normalized spacial score (nSPS) is 12.5. The Balaban J connectivity index is 2.92. The Bertz CT molecular complexity index is 671. The van der Waals surface area contributed by atoms with Gasteiger partial charge in [-0.3, -0.25) is 9.35 Å². The van der Waals surface area contributed by atoms with Gasteiger partial charge in [-0.05, 0) is 31.4 Å². The van der Waals surface area contributed by atoms with Gasteiger partial charge in [0.15, 0.2) is 0 Å². The highest BCUT2D eigenvalue weighted by Crippen LogP contribution is 2.12. The number of benzene rings is 1. The molecule has 134 valence electrons. The molecule has 1 amide bonds. The van der Waals surface area contributed by atoms with Crippen molar-refractivity contribution in [3.8, 4) is 0 Å². The summed E-state index contributed by atoms with van der Waals surface area (Å²) in [4.78, 5) is 24.4. The summed E-state index contributed by atoms with van der Waals surface area (Å²) in [6.45, 7) is 3.70. The van der Waals surface area contributed by atoms with Crippen molar-refractivity contribution in [1.29, 1.82) is 0 Å². The third-order valence-electron chi connectivity index (χ3n) is 3.32. The average Bonchev–Trinajstić information content (AvgIpc) is 2.51. The highest BCUT2D eigenvalue weighted by Gasteiger charge is 2.25. The third-order valence-corrected chi connectivity index (χ3v) is 4.07. The SMILES string of the molecule is CCCc1ccccc1C(=O)N[C@@H](CCS(=O)(=O)O)C(=O)OCC. The maximum atomic E-state index is 12.5. The van der Waals surface area contributed by atoms with E-state index < -0.39 is 33.8 Å². The van der Waals surface area contributed by atoms with E-state index in [1.807, 2.05) is 19.1 Å². The first kappa shape index (κ1) is 20.1. The Labute approximate surface area is 142 Å². The molecule has 0 aliphatic rings. The fourth-order valence-electron chi connectivity index (χ4n) is 2.22. The van der Waals surface area contributed by atoms with Crippen LogP contribution in [-0.4, -0.2) is 43.2 Å². The zero-order chi connectivity index (χ0) is 18.2. The number of amides is 1. The van der Waals surface area contributed by atoms with Crippen LogP contribution in [0.2, 0.25) is 0 Å². The van der Waals surface area contributed by atoms with Crippen LogP contribution in [0, 0.1) is 0 Å². The minimum absolute atomic E-state index is 0.101. The molecule has 0 saturated heterocycles. The average molecular weight is 357 g/mol. The Hall–Kier alpha value is -1.93. The Morgan fingerprint density at radius 2 is 1.92 bits per heavy atom. The van der Waals surface area contributed by atoms with E-state index in [1.165, 1.54) is 0 Å². The summed E-state index contributed by atoms with van der Waals surface area (Å²) in [5.41, 5.74) is 1.27. The summed E-state index contributed by atoms with van der Waals surface area (Å²) in [5, 5.41) is 2.50. The number of hydrogen-bond donors (Lipinski definition) is 2. The van der Waals surface area contributed by atoms with Crippen molar-refractivity contribution < 1.29 is 27.3 Å². The van der Waals surface area contributed by atoms with Crippen LogP contribution >= 0.6 is 0 Å². The highest BCUT2D eigenvalue weighted by atomic mass is 32.2. The first-order valence-corrected chi connectivity index (χ1v) is 9.40. The summed E-state index contributed by atoms with van der Waals surface area (Å²) in [7, 11) is -4.24. The third kappa shape index (κ3) is 6.67. The van der Waals surface area contributed by atoms with Gasteiger partial charge in [0.2, 0.25) is 0 Å². The molecular weight excluding hydrogens is 334 g/mol. The molecule has 1 rings (SSSR count). The van der Waals surface area contributed by atoms with Gasteiger partial charge in [-0.2, -0.15) is 8.42 Å². The molecule has 0 spiro atoms. The number of esters is 1. The molecule has 1 aromatic rings. The van der Waals surface area contributed by atoms with Gasteiger partial charge in [-0.25, -0.2) is 4.79 Å². The van der Waals surface area contributed by atoms with E-state index in [-0.39, 0.29) is 13.0 Å². The smallest absolute Gasteiger partial charge is 0.328 e. The van der Waals surface area contributed by atoms with Crippen molar-refractivity contribution in [2.75, 3.05) is 12.4 Å². The maximum absolute atomic E-state index is 12.5. The number of ether oxygens (including phenoxy) is 1. The molecule has 0 unspecified atom stereocenters. The standard InChI is InChI=1S/C16H23NO6S/c1-3-7-12-8-5-6-9-13(12)15(18)17-14(16(19)23-4-2)10-11-24(20,21)22/h5-6,8-9,14H,3-4,7,10-11H2,1-2H3,(H,17,18)(H,20,21,22)/t14-/m0/s1. The number of rotatable bonds is 9. The summed E-state index contributed by atoms with van der Waals surface area (Å²) in [6, 6.07) is 5.87. The molecule has 2 N–H and O–H groups in total. The Morgan fingerprint density at radius 3 is 2.50 bits per heavy atom. The fraction of sp³-hybridized carbons (Fsp3) is 0.500. The second kappa shape index (κ2) is 9.39. The molecule has 24 heavy (non-hydrogen) atoms. The molecule has 0 aliphatic heterocycles. The first-order chi connectivity index (χ1) is 11.3. The number of nitrogens with one attached hydrogen (secondary N) is 1. The number of carbonyl (C=O) groups excluding carboxylic acids is 2. The Kier molecular flexibility index (Phi) is 7.87. The molecule has 0 aliphatic carbocycles. The largest absolute Gasteiger partial charge is 0.464 e. The molecule has 1 atom stereocenters. The number of hydrogen-bond acceptors (Lipinski definition) is 5. The van der Waals surface area contributed by atoms with Gasteiger partial charge < -0.3 is 10.1 Å². The number of aryl methyl sites for hydroxylation is 1. The summed E-state index contributed by atoms with van der Waals surface area (Å²) < 4.78 is 35.5. The van der Waals surface area contributed by atoms with Crippen LogP contribution in [0.4, 0.5) is 0 Å². The van der Waals surface area contributed by atoms with Gasteiger partial charge in [0.25, 0.3) is 16.0 Å². The minimum Gasteiger partial charge on any atom is -0.464 e. The van der Waals surface area contributed by atoms with E-state index in [1.54, 1.807) is 19.1 Å². The molecule has 0 heterocycles. The minimum atomic E-state index is -4.24. The van der Waals surface area contributed by atoms with Gasteiger partial charge in [0.05, 0.1) is 12.4 Å². The van der Waals surface area contributed by atoms with Crippen LogP contribution in [0.5, 0.6) is 0 Å². The van der Waals surface area contributed by atoms with E-state index in [0.717, 1.165) is 12.0 Å². The maximum Gasteiger partial charge on any atom is 0.328 e. The van der Waals surface area contributed by atoms with Crippen molar-refractivity contribution in [3.63, 3.8) is 0 Å². The molecule has 0 saturated carbocycles. The lowest BCUT2D eigenvalue weighted by Crippen LogP contribution is -2.43. The lowest BCUT2D eigenvalue weighted by molar-refractivity contribution is -0.145. The lowest BCUT2D eigenvalue weighted by Gasteiger charge is -2.18. The molecule has 8 heteroatoms. The van der Waals surface area contributed by atoms with E-state index in [9.17, 15) is 18.0 Å². The van der Waals surface area contributed by atoms with Crippen LogP contribution < -0.4 is 5.32 Å².